The van der Waals surface area contributed by atoms with Gasteiger partial charge in [0.15, 0.2) is 0 Å². The van der Waals surface area contributed by atoms with E-state index in [0.29, 0.717) is 11.8 Å². The van der Waals surface area contributed by atoms with Crippen molar-refractivity contribution in [2.45, 2.75) is 6.92 Å². The van der Waals surface area contributed by atoms with Gasteiger partial charge in [-0.15, -0.1) is 0 Å². The van der Waals surface area contributed by atoms with Gasteiger partial charge in [-0.3, -0.25) is 0 Å². The van der Waals surface area contributed by atoms with E-state index in [9.17, 15) is 4.39 Å². The van der Waals surface area contributed by atoms with E-state index in [2.05, 4.69) is 20.4 Å². The fourth-order valence-corrected chi connectivity index (χ4v) is 2.52. The summed E-state index contributed by atoms with van der Waals surface area (Å²) in [6.45, 7) is 1.91. The van der Waals surface area contributed by atoms with Crippen LogP contribution in [0.1, 0.15) is 5.69 Å². The molecule has 0 aliphatic rings. The lowest BCUT2D eigenvalue weighted by atomic mass is 10.3. The van der Waals surface area contributed by atoms with Crippen LogP contribution in [0.15, 0.2) is 48.8 Å². The molecule has 6 nitrogen and oxygen atoms in total. The van der Waals surface area contributed by atoms with Gasteiger partial charge in [-0.1, -0.05) is 0 Å². The van der Waals surface area contributed by atoms with Gasteiger partial charge in [-0.25, -0.2) is 9.07 Å². The van der Waals surface area contributed by atoms with Gasteiger partial charge in [0.1, 0.15) is 17.3 Å². The van der Waals surface area contributed by atoms with Crippen LogP contribution in [0.3, 0.4) is 0 Å². The number of fused-ring (bicyclic) bond motifs is 1. The van der Waals surface area contributed by atoms with Gasteiger partial charge in [0.2, 0.25) is 0 Å². The van der Waals surface area contributed by atoms with Crippen molar-refractivity contribution in [3.63, 3.8) is 0 Å². The summed E-state index contributed by atoms with van der Waals surface area (Å²) in [5, 5.41) is 8.48. The van der Waals surface area contributed by atoms with Crippen LogP contribution < -0.4 is 5.32 Å². The Morgan fingerprint density at radius 1 is 1.00 bits per heavy atom. The number of benzene rings is 1. The molecular formula is C17H15FN6. The van der Waals surface area contributed by atoms with Crippen molar-refractivity contribution in [1.29, 1.82) is 0 Å². The normalized spacial score (nSPS) is 11.1. The predicted octanol–water partition coefficient (Wildman–Crippen LogP) is 3.35. The number of aromatic nitrogens is 5. The molecule has 0 unspecified atom stereocenters. The summed E-state index contributed by atoms with van der Waals surface area (Å²) in [7, 11) is 1.93. The SMILES string of the molecule is Cc1ccn(-c2nc(Nc3ccc(F)cc3)c3ccn(C)c3n2)n1. The maximum absolute atomic E-state index is 13.1. The molecule has 120 valence electrons. The highest BCUT2D eigenvalue weighted by Gasteiger charge is 2.12. The van der Waals surface area contributed by atoms with Gasteiger partial charge in [0, 0.05) is 25.1 Å². The van der Waals surface area contributed by atoms with Gasteiger partial charge in [0.05, 0.1) is 11.1 Å². The van der Waals surface area contributed by atoms with E-state index < -0.39 is 0 Å². The average molecular weight is 322 g/mol. The minimum absolute atomic E-state index is 0.277. The lowest BCUT2D eigenvalue weighted by Crippen LogP contribution is -2.06. The quantitative estimate of drug-likeness (QED) is 0.628. The smallest absolute Gasteiger partial charge is 0.254 e. The molecule has 0 saturated carbocycles. The number of aryl methyl sites for hydroxylation is 2. The lowest BCUT2D eigenvalue weighted by Gasteiger charge is -2.09. The van der Waals surface area contributed by atoms with Gasteiger partial charge in [-0.05, 0) is 43.3 Å². The number of nitrogens with one attached hydrogen (secondary N) is 1. The van der Waals surface area contributed by atoms with E-state index in [1.165, 1.54) is 12.1 Å². The van der Waals surface area contributed by atoms with E-state index in [0.717, 1.165) is 22.4 Å². The van der Waals surface area contributed by atoms with Crippen molar-refractivity contribution >= 4 is 22.5 Å². The van der Waals surface area contributed by atoms with E-state index in [1.54, 1.807) is 16.8 Å². The van der Waals surface area contributed by atoms with Crippen LogP contribution in [-0.2, 0) is 7.05 Å². The van der Waals surface area contributed by atoms with Gasteiger partial charge >= 0.3 is 0 Å². The molecule has 0 spiro atoms. The topological polar surface area (TPSA) is 60.6 Å². The highest BCUT2D eigenvalue weighted by atomic mass is 19.1. The molecule has 0 aliphatic heterocycles. The van der Waals surface area contributed by atoms with Gasteiger partial charge < -0.3 is 9.88 Å². The Balaban J connectivity index is 1.85. The monoisotopic (exact) mass is 322 g/mol. The molecule has 24 heavy (non-hydrogen) atoms. The van der Waals surface area contributed by atoms with Crippen molar-refractivity contribution in [3.8, 4) is 5.95 Å². The number of halogens is 1. The highest BCUT2D eigenvalue weighted by Crippen LogP contribution is 2.25. The molecule has 0 amide bonds. The van der Waals surface area contributed by atoms with Crippen LogP contribution in [0.2, 0.25) is 0 Å². The predicted molar refractivity (Wildman–Crippen MR) is 90.1 cm³/mol. The van der Waals surface area contributed by atoms with E-state index in [1.807, 2.05) is 43.1 Å². The molecule has 0 radical (unpaired) electrons. The van der Waals surface area contributed by atoms with Crippen LogP contribution in [-0.4, -0.2) is 24.3 Å². The van der Waals surface area contributed by atoms with Crippen LogP contribution in [0, 0.1) is 12.7 Å². The largest absolute Gasteiger partial charge is 0.339 e. The van der Waals surface area contributed by atoms with Crippen molar-refractivity contribution in [1.82, 2.24) is 24.3 Å². The maximum Gasteiger partial charge on any atom is 0.254 e. The second-order valence-corrected chi connectivity index (χ2v) is 5.57. The van der Waals surface area contributed by atoms with Crippen molar-refractivity contribution in [3.05, 3.63) is 60.3 Å². The summed E-state index contributed by atoms with van der Waals surface area (Å²) in [6.07, 6.45) is 3.74. The summed E-state index contributed by atoms with van der Waals surface area (Å²) in [5.74, 6) is 0.846. The first-order chi connectivity index (χ1) is 11.6. The first-order valence-electron chi connectivity index (χ1n) is 7.48. The molecule has 4 rings (SSSR count). The van der Waals surface area contributed by atoms with Crippen molar-refractivity contribution in [2.75, 3.05) is 5.32 Å². The Hall–Kier alpha value is -3.22. The van der Waals surface area contributed by atoms with Gasteiger partial charge in [-0.2, -0.15) is 15.1 Å². The van der Waals surface area contributed by atoms with Crippen LogP contribution in [0.5, 0.6) is 0 Å². The Morgan fingerprint density at radius 2 is 1.79 bits per heavy atom. The molecule has 0 aliphatic carbocycles. The second kappa shape index (κ2) is 5.45. The lowest BCUT2D eigenvalue weighted by molar-refractivity contribution is 0.628. The van der Waals surface area contributed by atoms with Crippen LogP contribution in [0.4, 0.5) is 15.9 Å². The van der Waals surface area contributed by atoms with Crippen molar-refractivity contribution < 1.29 is 4.39 Å². The standard InChI is InChI=1S/C17H15FN6/c1-11-7-10-24(22-11)17-20-15(14-8-9-23(2)16(14)21-17)19-13-5-3-12(18)4-6-13/h3-10H,1-2H3,(H,19,20,21). The third kappa shape index (κ3) is 2.50. The maximum atomic E-state index is 13.1. The molecule has 0 bridgehead atoms. The summed E-state index contributed by atoms with van der Waals surface area (Å²) >= 11 is 0. The van der Waals surface area contributed by atoms with Crippen LogP contribution >= 0.6 is 0 Å². The zero-order chi connectivity index (χ0) is 16.7. The number of hydrogen-bond donors (Lipinski definition) is 1. The third-order valence-corrected chi connectivity index (χ3v) is 3.75. The fourth-order valence-electron chi connectivity index (χ4n) is 2.52. The number of nitrogens with zero attached hydrogens (tertiary/aromatic N) is 5. The minimum atomic E-state index is -0.277. The van der Waals surface area contributed by atoms with E-state index in [4.69, 9.17) is 0 Å². The summed E-state index contributed by atoms with van der Waals surface area (Å²) in [6, 6.07) is 9.99. The molecule has 3 aromatic heterocycles. The molecule has 0 saturated heterocycles. The summed E-state index contributed by atoms with van der Waals surface area (Å²) in [5.41, 5.74) is 2.43. The molecule has 4 aromatic rings. The molecule has 7 heteroatoms. The first-order valence-corrected chi connectivity index (χ1v) is 7.48. The molecule has 1 aromatic carbocycles. The average Bonchev–Trinajstić information content (AvgIpc) is 3.16. The Morgan fingerprint density at radius 3 is 2.50 bits per heavy atom. The number of hydrogen-bond acceptors (Lipinski definition) is 4. The summed E-state index contributed by atoms with van der Waals surface area (Å²) < 4.78 is 16.7. The molecule has 3 heterocycles. The van der Waals surface area contributed by atoms with Gasteiger partial charge in [0.25, 0.3) is 5.95 Å². The fraction of sp³-hybridized carbons (Fsp3) is 0.118. The number of rotatable bonds is 3. The highest BCUT2D eigenvalue weighted by molar-refractivity contribution is 5.90. The second-order valence-electron chi connectivity index (χ2n) is 5.57. The molecular weight excluding hydrogens is 307 g/mol. The zero-order valence-electron chi connectivity index (χ0n) is 13.2. The molecule has 0 atom stereocenters. The first kappa shape index (κ1) is 14.4. The minimum Gasteiger partial charge on any atom is -0.339 e. The summed E-state index contributed by atoms with van der Waals surface area (Å²) in [4.78, 5) is 9.17. The van der Waals surface area contributed by atoms with E-state index in [-0.39, 0.29) is 5.82 Å². The Bertz CT molecular complexity index is 1020. The third-order valence-electron chi connectivity index (χ3n) is 3.75. The van der Waals surface area contributed by atoms with Crippen molar-refractivity contribution in [2.24, 2.45) is 7.05 Å². The van der Waals surface area contributed by atoms with Crippen LogP contribution in [0.25, 0.3) is 17.0 Å². The molecule has 1 N–H and O–H groups in total. The Kier molecular flexibility index (Phi) is 3.26. The zero-order valence-corrected chi connectivity index (χ0v) is 13.2. The van der Waals surface area contributed by atoms with E-state index >= 15 is 0 Å². The molecule has 0 fully saturated rings. The Labute approximate surface area is 137 Å². The number of anilines is 2.